The quantitative estimate of drug-likeness (QED) is 0.0790. The Hall–Kier alpha value is -4.95. The van der Waals surface area contributed by atoms with Crippen LogP contribution < -0.4 is 9.62 Å². The van der Waals surface area contributed by atoms with E-state index in [0.717, 1.165) is 16.7 Å². The molecule has 0 radical (unpaired) electrons. The molecule has 5 amide bonds. The number of likely N-dealkylation sites (N-methyl/N-ethyl adjacent to an activating group) is 1. The van der Waals surface area contributed by atoms with Gasteiger partial charge in [-0.1, -0.05) is 104 Å². The molecule has 1 aromatic heterocycles. The number of aryl methyl sites for hydroxylation is 1. The Bertz CT molecular complexity index is 3260. The molecule has 79 heavy (non-hydrogen) atoms. The van der Waals surface area contributed by atoms with Crippen LogP contribution in [0, 0.1) is 0 Å². The molecule has 3 aromatic carbocycles. The second kappa shape index (κ2) is 19.6. The number of aromatic nitrogens is 2. The van der Waals surface area contributed by atoms with Crippen molar-refractivity contribution in [1.82, 2.24) is 34.7 Å². The van der Waals surface area contributed by atoms with Gasteiger partial charge in [-0.15, -0.1) is 0 Å². The largest absolute Gasteiger partial charge is 0.444 e. The lowest BCUT2D eigenvalue weighted by Crippen LogP contribution is -2.77. The maximum atomic E-state index is 16.1. The molecule has 19 nitrogen and oxygen atoms in total. The van der Waals surface area contributed by atoms with Crippen LogP contribution in [0.5, 0.6) is 0 Å². The lowest BCUT2D eigenvalue weighted by Gasteiger charge is -2.59. The molecule has 8 saturated heterocycles. The fourth-order valence-electron chi connectivity index (χ4n) is 13.7. The number of carbonyl (C=O) groups excluding carboxylic acids is 5. The Labute approximate surface area is 475 Å². The molecule has 2 spiro atoms. The third kappa shape index (κ3) is 7.97. The number of benzene rings is 3. The van der Waals surface area contributed by atoms with Crippen molar-refractivity contribution in [1.29, 1.82) is 0 Å². The first-order valence-electron chi connectivity index (χ1n) is 26.7. The summed E-state index contributed by atoms with van der Waals surface area (Å²) in [7, 11) is 2.71. The smallest absolute Gasteiger partial charge is 0.407 e. The zero-order valence-corrected chi connectivity index (χ0v) is 49.0. The SMILES string of the molecule is CN1C(=O)[C@@]23C[C@]4([C@]56C[C@@]78SS[C@@](C)(C(=O)N7[C@H]5N(S(=O)(=O)c5ccccc5)c5ccccc56)N(CCCCn5cc(COCCOCCOCCNC(=O)OC(C)(C)C)cn5)C8=O)c5ccccc5C[C@@H]4N2C(=O)[C@]1(C)SS3. The predicted molar refractivity (Wildman–Crippen MR) is 301 cm³/mol. The Balaban J connectivity index is 0.795. The number of nitrogens with one attached hydrogen (secondary N) is 1. The number of carbonyl (C=O) groups is 5. The van der Waals surface area contributed by atoms with Crippen molar-refractivity contribution in [2.45, 2.75) is 133 Å². The minimum atomic E-state index is -4.47. The first-order chi connectivity index (χ1) is 37.7. The van der Waals surface area contributed by atoms with Crippen LogP contribution in [-0.2, 0) is 78.6 Å². The number of anilines is 1. The summed E-state index contributed by atoms with van der Waals surface area (Å²) in [6.45, 7) is 12.3. The Kier molecular flexibility index (Phi) is 13.6. The first-order valence-corrected chi connectivity index (χ1v) is 32.5. The van der Waals surface area contributed by atoms with Crippen molar-refractivity contribution in [3.8, 4) is 0 Å². The molecule has 9 aliphatic heterocycles. The van der Waals surface area contributed by atoms with Gasteiger partial charge in [0.25, 0.3) is 33.7 Å². The highest BCUT2D eigenvalue weighted by atomic mass is 33.1. The summed E-state index contributed by atoms with van der Waals surface area (Å²) >= 11 is 0. The van der Waals surface area contributed by atoms with Crippen molar-refractivity contribution in [3.63, 3.8) is 0 Å². The molecule has 10 heterocycles. The van der Waals surface area contributed by atoms with Crippen LogP contribution >= 0.6 is 43.2 Å². The Morgan fingerprint density at radius 3 is 2.09 bits per heavy atom. The first kappa shape index (κ1) is 54.6. The number of alkyl carbamates (subject to hydrolysis) is 1. The summed E-state index contributed by atoms with van der Waals surface area (Å²) in [5.74, 6) is -0.988. The maximum Gasteiger partial charge on any atom is 0.407 e. The molecular weight excluding hydrogens is 1110 g/mol. The standard InChI is InChI=1S/C55H64N8O11S5/c1-49(2,3)74-48(68)56-22-25-71-26-27-72-28-29-73-33-36-31-57-59(32-36)23-14-15-24-60-47(67)55-35-53(52-34-54-46(66)58(6)50(4,75-77-54)44(64)61(54)42(52)30-37-16-10-11-19-39(37)52)40-20-12-13-21-41(40)63(79(69,70)38-17-8-7-9-18-38)43(53)62(55)45(65)51(60,5)76-78-55/h7-13,16-21,31-32,42-43H,14-15,22-30,33-35H2,1-6H3,(H,56,68)/t42-,43-,50-,51-,52-,53-,54-,55-/m0/s1. The zero-order valence-electron chi connectivity index (χ0n) is 44.9. The number of sulfonamides is 1. The molecule has 24 heteroatoms. The van der Waals surface area contributed by atoms with E-state index in [1.165, 1.54) is 47.5 Å². The average Bonchev–Trinajstić information content (AvgIpc) is 1.73. The van der Waals surface area contributed by atoms with Crippen LogP contribution in [-0.4, -0.2) is 158 Å². The van der Waals surface area contributed by atoms with E-state index in [2.05, 4.69) is 22.5 Å². The number of fused-ring (bicyclic) bond motifs is 11. The summed E-state index contributed by atoms with van der Waals surface area (Å²) in [6.07, 6.45) is 3.72. The summed E-state index contributed by atoms with van der Waals surface area (Å²) in [6, 6.07) is 23.1. The summed E-state index contributed by atoms with van der Waals surface area (Å²) in [5.41, 5.74) is 0.751. The molecule has 0 saturated carbocycles. The fourth-order valence-corrected chi connectivity index (χ4v) is 22.4. The minimum Gasteiger partial charge on any atom is -0.444 e. The van der Waals surface area contributed by atoms with Gasteiger partial charge in [0.05, 0.1) is 61.8 Å². The topological polar surface area (TPSA) is 202 Å². The van der Waals surface area contributed by atoms with Crippen LogP contribution in [0.1, 0.15) is 82.6 Å². The molecule has 1 N–H and O–H groups in total. The highest BCUT2D eigenvalue weighted by Crippen LogP contribution is 2.80. The van der Waals surface area contributed by atoms with Gasteiger partial charge in [-0.05, 0) is 88.8 Å². The lowest BCUT2D eigenvalue weighted by molar-refractivity contribution is -0.165. The van der Waals surface area contributed by atoms with Gasteiger partial charge >= 0.3 is 6.09 Å². The average molecular weight is 1170 g/mol. The molecule has 4 aromatic rings. The number of unbranched alkanes of at least 4 members (excludes halogenated alkanes) is 1. The highest BCUT2D eigenvalue weighted by Gasteiger charge is 2.88. The Morgan fingerprint density at radius 1 is 0.722 bits per heavy atom. The number of hydrogen-bond acceptors (Lipinski definition) is 16. The molecule has 10 aliphatic rings. The molecule has 1 aliphatic carbocycles. The van der Waals surface area contributed by atoms with Crippen LogP contribution in [0.15, 0.2) is 96.2 Å². The van der Waals surface area contributed by atoms with Crippen LogP contribution in [0.4, 0.5) is 10.5 Å². The fraction of sp³-hybridized carbons (Fsp3) is 0.527. The van der Waals surface area contributed by atoms with Gasteiger partial charge in [-0.3, -0.25) is 28.8 Å². The van der Waals surface area contributed by atoms with Crippen molar-refractivity contribution in [2.75, 3.05) is 57.5 Å². The van der Waals surface area contributed by atoms with E-state index in [9.17, 15) is 4.79 Å². The molecule has 8 fully saturated rings. The summed E-state index contributed by atoms with van der Waals surface area (Å²) in [5, 5.41) is 7.21. The molecule has 4 bridgehead atoms. The molecular formula is C55H64N8O11S5. The van der Waals surface area contributed by atoms with Crippen molar-refractivity contribution in [2.24, 2.45) is 0 Å². The second-order valence-corrected chi connectivity index (χ2v) is 30.2. The predicted octanol–water partition coefficient (Wildman–Crippen LogP) is 6.47. The van der Waals surface area contributed by atoms with Gasteiger partial charge in [0.15, 0.2) is 19.5 Å². The van der Waals surface area contributed by atoms with Gasteiger partial charge in [0.2, 0.25) is 0 Å². The van der Waals surface area contributed by atoms with Crippen LogP contribution in [0.2, 0.25) is 0 Å². The van der Waals surface area contributed by atoms with E-state index in [-0.39, 0.29) is 47.9 Å². The van der Waals surface area contributed by atoms with E-state index in [4.69, 9.17) is 18.9 Å². The molecule has 14 rings (SSSR count). The van der Waals surface area contributed by atoms with Gasteiger partial charge in [-0.25, -0.2) is 17.5 Å². The number of piperazine rings is 2. The summed E-state index contributed by atoms with van der Waals surface area (Å²) < 4.78 is 57.0. The van der Waals surface area contributed by atoms with E-state index in [1.54, 1.807) is 105 Å². The van der Waals surface area contributed by atoms with E-state index in [1.807, 2.05) is 40.0 Å². The normalized spacial score (nSPS) is 30.9. The number of rotatable bonds is 19. The van der Waals surface area contributed by atoms with E-state index >= 15 is 27.6 Å². The lowest BCUT2D eigenvalue weighted by atomic mass is 9.53. The zero-order chi connectivity index (χ0) is 55.5. The van der Waals surface area contributed by atoms with Crippen LogP contribution in [0.3, 0.4) is 0 Å². The number of hydrogen-bond donors (Lipinski definition) is 1. The van der Waals surface area contributed by atoms with Crippen LogP contribution in [0.25, 0.3) is 0 Å². The van der Waals surface area contributed by atoms with Gasteiger partial charge in [-0.2, -0.15) is 5.10 Å². The monoisotopic (exact) mass is 1170 g/mol. The highest BCUT2D eigenvalue weighted by molar-refractivity contribution is 8.78. The van der Waals surface area contributed by atoms with Gasteiger partial charge < -0.3 is 39.0 Å². The second-order valence-electron chi connectivity index (χ2n) is 22.7. The third-order valence-corrected chi connectivity index (χ3v) is 26.3. The number of ether oxygens (including phenoxy) is 4. The number of para-hydroxylation sites is 1. The van der Waals surface area contributed by atoms with Crippen molar-refractivity contribution < 1.29 is 51.3 Å². The van der Waals surface area contributed by atoms with Crippen molar-refractivity contribution in [3.05, 3.63) is 114 Å². The van der Waals surface area contributed by atoms with Gasteiger partial charge in [0, 0.05) is 62.7 Å². The third-order valence-electron chi connectivity index (χ3n) is 17.2. The molecule has 0 unspecified atom stereocenters. The van der Waals surface area contributed by atoms with Crippen molar-refractivity contribution >= 4 is 88.6 Å². The Morgan fingerprint density at radius 2 is 1.34 bits per heavy atom. The number of nitrogens with zero attached hydrogens (tertiary/aromatic N) is 7. The summed E-state index contributed by atoms with van der Waals surface area (Å²) in [4.78, 5) is 75.7. The molecule has 420 valence electrons. The number of amides is 5. The molecule has 8 atom stereocenters. The maximum absolute atomic E-state index is 16.1. The van der Waals surface area contributed by atoms with E-state index < -0.39 is 64.2 Å². The van der Waals surface area contributed by atoms with E-state index in [0.29, 0.717) is 83.2 Å². The van der Waals surface area contributed by atoms with Gasteiger partial charge in [0.1, 0.15) is 11.8 Å². The minimum absolute atomic E-state index is 0.0364.